The SMILES string of the molecule is NC(=S)c1ccc(Cl)cc1Nc1cc(Cl)ccc1F. The highest BCUT2D eigenvalue weighted by Gasteiger charge is 2.09. The number of nitrogens with one attached hydrogen (secondary N) is 1. The van der Waals surface area contributed by atoms with Gasteiger partial charge in [-0.3, -0.25) is 0 Å². The first-order valence-electron chi connectivity index (χ1n) is 5.29. The lowest BCUT2D eigenvalue weighted by atomic mass is 10.1. The molecule has 0 heterocycles. The quantitative estimate of drug-likeness (QED) is 0.819. The third-order valence-corrected chi connectivity index (χ3v) is 3.13. The van der Waals surface area contributed by atoms with E-state index in [0.29, 0.717) is 21.3 Å². The molecule has 0 saturated carbocycles. The van der Waals surface area contributed by atoms with Crippen molar-refractivity contribution in [3.05, 3.63) is 57.8 Å². The summed E-state index contributed by atoms with van der Waals surface area (Å²) >= 11 is 16.7. The molecule has 19 heavy (non-hydrogen) atoms. The van der Waals surface area contributed by atoms with Crippen LogP contribution in [0, 0.1) is 5.82 Å². The van der Waals surface area contributed by atoms with Crippen molar-refractivity contribution in [2.75, 3.05) is 5.32 Å². The van der Waals surface area contributed by atoms with Crippen molar-refractivity contribution in [2.45, 2.75) is 0 Å². The Hall–Kier alpha value is -1.36. The highest BCUT2D eigenvalue weighted by Crippen LogP contribution is 2.28. The Kier molecular flexibility index (Phi) is 4.24. The van der Waals surface area contributed by atoms with E-state index in [0.717, 1.165) is 0 Å². The van der Waals surface area contributed by atoms with Gasteiger partial charge in [0.05, 0.1) is 11.4 Å². The van der Waals surface area contributed by atoms with Crippen molar-refractivity contribution < 1.29 is 4.39 Å². The smallest absolute Gasteiger partial charge is 0.146 e. The summed E-state index contributed by atoms with van der Waals surface area (Å²) in [7, 11) is 0. The molecule has 0 fully saturated rings. The standard InChI is InChI=1S/C13H9Cl2FN2S/c14-7-1-3-9(13(17)19)11(5-7)18-12-6-8(15)2-4-10(12)16/h1-6,18H,(H2,17,19). The molecule has 0 saturated heterocycles. The second-order valence-electron chi connectivity index (χ2n) is 3.80. The minimum atomic E-state index is -0.432. The van der Waals surface area contributed by atoms with Crippen LogP contribution in [0.15, 0.2) is 36.4 Å². The summed E-state index contributed by atoms with van der Waals surface area (Å²) in [5.41, 5.74) is 6.95. The zero-order valence-corrected chi connectivity index (χ0v) is 11.9. The van der Waals surface area contributed by atoms with Crippen LogP contribution < -0.4 is 11.1 Å². The molecule has 0 atom stereocenters. The molecule has 2 nitrogen and oxygen atoms in total. The van der Waals surface area contributed by atoms with Crippen LogP contribution in [0.5, 0.6) is 0 Å². The van der Waals surface area contributed by atoms with Gasteiger partial charge in [0.2, 0.25) is 0 Å². The first-order valence-corrected chi connectivity index (χ1v) is 6.45. The van der Waals surface area contributed by atoms with Crippen molar-refractivity contribution in [3.8, 4) is 0 Å². The molecule has 2 aromatic rings. The van der Waals surface area contributed by atoms with Crippen LogP contribution in [0.4, 0.5) is 15.8 Å². The lowest BCUT2D eigenvalue weighted by Gasteiger charge is -2.12. The second kappa shape index (κ2) is 5.74. The van der Waals surface area contributed by atoms with Gasteiger partial charge in [0.15, 0.2) is 0 Å². The number of hydrogen-bond acceptors (Lipinski definition) is 2. The first kappa shape index (κ1) is 14.1. The highest BCUT2D eigenvalue weighted by atomic mass is 35.5. The van der Waals surface area contributed by atoms with E-state index in [9.17, 15) is 4.39 Å². The first-order chi connectivity index (χ1) is 8.97. The van der Waals surface area contributed by atoms with E-state index in [1.54, 1.807) is 18.2 Å². The van der Waals surface area contributed by atoms with Crippen LogP contribution in [0.1, 0.15) is 5.56 Å². The zero-order chi connectivity index (χ0) is 14.0. The van der Waals surface area contributed by atoms with Crippen LogP contribution in [-0.4, -0.2) is 4.99 Å². The number of thiocarbonyl (C=S) groups is 1. The Morgan fingerprint density at radius 1 is 1.05 bits per heavy atom. The van der Waals surface area contributed by atoms with E-state index in [1.807, 2.05) is 0 Å². The fraction of sp³-hybridized carbons (Fsp3) is 0. The van der Waals surface area contributed by atoms with Crippen LogP contribution in [-0.2, 0) is 0 Å². The maximum Gasteiger partial charge on any atom is 0.146 e. The van der Waals surface area contributed by atoms with Crippen molar-refractivity contribution in [2.24, 2.45) is 5.73 Å². The highest BCUT2D eigenvalue weighted by molar-refractivity contribution is 7.80. The van der Waals surface area contributed by atoms with Gasteiger partial charge in [-0.05, 0) is 36.4 Å². The number of rotatable bonds is 3. The zero-order valence-electron chi connectivity index (χ0n) is 9.58. The molecule has 0 bridgehead atoms. The minimum absolute atomic E-state index is 0.196. The summed E-state index contributed by atoms with van der Waals surface area (Å²) in [5.74, 6) is -0.432. The molecule has 0 amide bonds. The summed E-state index contributed by atoms with van der Waals surface area (Å²) < 4.78 is 13.7. The van der Waals surface area contributed by atoms with Crippen LogP contribution >= 0.6 is 35.4 Å². The van der Waals surface area contributed by atoms with Gasteiger partial charge in [-0.2, -0.15) is 0 Å². The normalized spacial score (nSPS) is 10.3. The van der Waals surface area contributed by atoms with Crippen molar-refractivity contribution in [3.63, 3.8) is 0 Å². The van der Waals surface area contributed by atoms with Crippen molar-refractivity contribution in [1.82, 2.24) is 0 Å². The minimum Gasteiger partial charge on any atom is -0.389 e. The van der Waals surface area contributed by atoms with Gasteiger partial charge in [0.25, 0.3) is 0 Å². The number of hydrogen-bond donors (Lipinski definition) is 2. The molecule has 0 spiro atoms. The second-order valence-corrected chi connectivity index (χ2v) is 5.12. The third kappa shape index (κ3) is 3.35. The largest absolute Gasteiger partial charge is 0.389 e. The Balaban J connectivity index is 2.45. The van der Waals surface area contributed by atoms with Gasteiger partial charge in [0, 0.05) is 15.6 Å². The monoisotopic (exact) mass is 314 g/mol. The summed E-state index contributed by atoms with van der Waals surface area (Å²) in [4.78, 5) is 0.196. The van der Waals surface area contributed by atoms with Crippen LogP contribution in [0.2, 0.25) is 10.0 Å². The lowest BCUT2D eigenvalue weighted by molar-refractivity contribution is 0.632. The topological polar surface area (TPSA) is 38.0 Å². The average Bonchev–Trinajstić information content (AvgIpc) is 2.33. The van der Waals surface area contributed by atoms with Gasteiger partial charge in [-0.1, -0.05) is 35.4 Å². The summed E-state index contributed by atoms with van der Waals surface area (Å²) in [5, 5.41) is 3.80. The predicted octanol–water partition coefficient (Wildman–Crippen LogP) is 4.51. The molecule has 6 heteroatoms. The third-order valence-electron chi connectivity index (χ3n) is 2.44. The maximum atomic E-state index is 13.7. The van der Waals surface area contributed by atoms with E-state index in [4.69, 9.17) is 41.2 Å². The molecule has 2 rings (SSSR count). The maximum absolute atomic E-state index is 13.7. The summed E-state index contributed by atoms with van der Waals surface area (Å²) in [6.07, 6.45) is 0. The van der Waals surface area contributed by atoms with E-state index in [-0.39, 0.29) is 10.7 Å². The Morgan fingerprint density at radius 2 is 1.63 bits per heavy atom. The van der Waals surface area contributed by atoms with Gasteiger partial charge < -0.3 is 11.1 Å². The van der Waals surface area contributed by atoms with E-state index in [2.05, 4.69) is 5.32 Å². The van der Waals surface area contributed by atoms with Crippen LogP contribution in [0.3, 0.4) is 0 Å². The van der Waals surface area contributed by atoms with Crippen LogP contribution in [0.25, 0.3) is 0 Å². The fourth-order valence-corrected chi connectivity index (χ4v) is 2.10. The number of halogens is 3. The van der Waals surface area contributed by atoms with Gasteiger partial charge in [0.1, 0.15) is 10.8 Å². The van der Waals surface area contributed by atoms with Crippen molar-refractivity contribution >= 4 is 51.8 Å². The van der Waals surface area contributed by atoms with E-state index >= 15 is 0 Å². The summed E-state index contributed by atoms with van der Waals surface area (Å²) in [6, 6.07) is 9.17. The van der Waals surface area contributed by atoms with Gasteiger partial charge in [-0.25, -0.2) is 4.39 Å². The molecule has 2 aromatic carbocycles. The van der Waals surface area contributed by atoms with Gasteiger partial charge >= 0.3 is 0 Å². The van der Waals surface area contributed by atoms with Crippen molar-refractivity contribution in [1.29, 1.82) is 0 Å². The Bertz CT molecular complexity index is 647. The van der Waals surface area contributed by atoms with Gasteiger partial charge in [-0.15, -0.1) is 0 Å². The molecule has 98 valence electrons. The predicted molar refractivity (Wildman–Crippen MR) is 82.0 cm³/mol. The van der Waals surface area contributed by atoms with E-state index in [1.165, 1.54) is 18.2 Å². The number of benzene rings is 2. The summed E-state index contributed by atoms with van der Waals surface area (Å²) in [6.45, 7) is 0. The molecule has 0 aliphatic heterocycles. The number of anilines is 2. The number of nitrogens with two attached hydrogens (primary N) is 1. The average molecular weight is 315 g/mol. The molecular weight excluding hydrogens is 306 g/mol. The molecule has 0 aliphatic carbocycles. The molecular formula is C13H9Cl2FN2S. The molecule has 0 radical (unpaired) electrons. The Labute approximate surface area is 125 Å². The molecule has 0 unspecified atom stereocenters. The molecule has 0 aliphatic rings. The molecule has 3 N–H and O–H groups in total. The lowest BCUT2D eigenvalue weighted by Crippen LogP contribution is -2.12. The molecule has 0 aromatic heterocycles. The fourth-order valence-electron chi connectivity index (χ4n) is 1.57. The Morgan fingerprint density at radius 3 is 2.26 bits per heavy atom. The van der Waals surface area contributed by atoms with E-state index < -0.39 is 5.82 Å².